The van der Waals surface area contributed by atoms with Gasteiger partial charge in [0.2, 0.25) is 0 Å². The number of hydrogen-bond donors (Lipinski definition) is 2. The fraction of sp³-hybridized carbons (Fsp3) is 0. The summed E-state index contributed by atoms with van der Waals surface area (Å²) in [6, 6.07) is 5.43. The van der Waals surface area contributed by atoms with Crippen molar-refractivity contribution < 1.29 is 14.0 Å². The van der Waals surface area contributed by atoms with E-state index in [-0.39, 0.29) is 16.1 Å². The Morgan fingerprint density at radius 3 is 2.50 bits per heavy atom. The van der Waals surface area contributed by atoms with Gasteiger partial charge in [-0.15, -0.1) is 0 Å². The highest BCUT2D eigenvalue weighted by Gasteiger charge is 2.22. The first-order valence-corrected chi connectivity index (χ1v) is 5.63. The van der Waals surface area contributed by atoms with Crippen LogP contribution in [0.15, 0.2) is 24.3 Å². The van der Waals surface area contributed by atoms with Gasteiger partial charge in [0, 0.05) is 5.56 Å². The van der Waals surface area contributed by atoms with Crippen LogP contribution < -0.4 is 11.5 Å². The summed E-state index contributed by atoms with van der Waals surface area (Å²) < 4.78 is 17.0. The van der Waals surface area contributed by atoms with Crippen LogP contribution in [0.3, 0.4) is 0 Å². The Kier molecular flexibility index (Phi) is 3.07. The number of nitrogens with two attached hydrogens (primary N) is 2. The minimum atomic E-state index is -0.794. The lowest BCUT2D eigenvalue weighted by Crippen LogP contribution is -2.15. The SMILES string of the molecule is NC(=O)c1nsc(C(N)=O)c1-c1cccc(F)c1. The fourth-order valence-electron chi connectivity index (χ4n) is 1.54. The van der Waals surface area contributed by atoms with E-state index in [0.29, 0.717) is 5.56 Å². The number of carbonyl (C=O) groups excluding carboxylic acids is 2. The summed E-state index contributed by atoms with van der Waals surface area (Å²) in [7, 11) is 0. The molecule has 0 saturated carbocycles. The van der Waals surface area contributed by atoms with Crippen molar-refractivity contribution in [3.8, 4) is 11.1 Å². The van der Waals surface area contributed by atoms with Gasteiger partial charge in [0.15, 0.2) is 0 Å². The predicted molar refractivity (Wildman–Crippen MR) is 64.5 cm³/mol. The Balaban J connectivity index is 2.71. The van der Waals surface area contributed by atoms with Crippen LogP contribution in [0.4, 0.5) is 4.39 Å². The minimum absolute atomic E-state index is 0.0781. The van der Waals surface area contributed by atoms with E-state index < -0.39 is 17.6 Å². The third kappa shape index (κ3) is 2.07. The molecule has 0 fully saturated rings. The number of aromatic nitrogens is 1. The van der Waals surface area contributed by atoms with Gasteiger partial charge in [0.25, 0.3) is 11.8 Å². The number of nitrogens with zero attached hydrogens (tertiary/aromatic N) is 1. The lowest BCUT2D eigenvalue weighted by atomic mass is 10.0. The summed E-state index contributed by atoms with van der Waals surface area (Å²) in [5, 5.41) is 0. The van der Waals surface area contributed by atoms with E-state index in [2.05, 4.69) is 4.37 Å². The zero-order valence-corrected chi connectivity index (χ0v) is 9.83. The normalized spacial score (nSPS) is 10.3. The van der Waals surface area contributed by atoms with E-state index in [1.807, 2.05) is 0 Å². The molecule has 2 rings (SSSR count). The van der Waals surface area contributed by atoms with Crippen LogP contribution in [0.25, 0.3) is 11.1 Å². The van der Waals surface area contributed by atoms with E-state index >= 15 is 0 Å². The van der Waals surface area contributed by atoms with Crippen LogP contribution in [0, 0.1) is 5.82 Å². The average Bonchev–Trinajstić information content (AvgIpc) is 2.73. The van der Waals surface area contributed by atoms with Crippen molar-refractivity contribution in [3.05, 3.63) is 40.7 Å². The van der Waals surface area contributed by atoms with E-state index in [1.54, 1.807) is 6.07 Å². The Bertz CT molecular complexity index is 607. The van der Waals surface area contributed by atoms with Crippen LogP contribution in [0.2, 0.25) is 0 Å². The first-order valence-electron chi connectivity index (χ1n) is 4.86. The molecule has 1 aromatic carbocycles. The molecule has 2 aromatic rings. The fourth-order valence-corrected chi connectivity index (χ4v) is 2.30. The number of benzene rings is 1. The molecule has 0 bridgehead atoms. The Labute approximate surface area is 105 Å². The van der Waals surface area contributed by atoms with Crippen molar-refractivity contribution >= 4 is 23.3 Å². The molecule has 1 aromatic heterocycles. The smallest absolute Gasteiger partial charge is 0.269 e. The molecule has 0 radical (unpaired) electrons. The summed E-state index contributed by atoms with van der Waals surface area (Å²) in [4.78, 5) is 22.6. The zero-order chi connectivity index (χ0) is 13.3. The summed E-state index contributed by atoms with van der Waals surface area (Å²) in [5.74, 6) is -2.03. The molecular weight excluding hydrogens is 257 g/mol. The zero-order valence-electron chi connectivity index (χ0n) is 9.01. The van der Waals surface area contributed by atoms with Gasteiger partial charge in [-0.05, 0) is 29.2 Å². The largest absolute Gasteiger partial charge is 0.365 e. The van der Waals surface area contributed by atoms with Crippen LogP contribution in [0.1, 0.15) is 20.2 Å². The second-order valence-electron chi connectivity index (χ2n) is 3.47. The molecule has 0 aliphatic heterocycles. The molecule has 0 aliphatic rings. The van der Waals surface area contributed by atoms with Crippen molar-refractivity contribution in [1.29, 1.82) is 0 Å². The highest BCUT2D eigenvalue weighted by atomic mass is 32.1. The predicted octanol–water partition coefficient (Wildman–Crippen LogP) is 1.15. The van der Waals surface area contributed by atoms with Gasteiger partial charge in [-0.1, -0.05) is 12.1 Å². The third-order valence-electron chi connectivity index (χ3n) is 2.26. The molecule has 2 amide bonds. The molecule has 92 valence electrons. The van der Waals surface area contributed by atoms with Gasteiger partial charge in [-0.2, -0.15) is 4.37 Å². The minimum Gasteiger partial charge on any atom is -0.365 e. The van der Waals surface area contributed by atoms with Gasteiger partial charge in [0.1, 0.15) is 16.4 Å². The van der Waals surface area contributed by atoms with Gasteiger partial charge >= 0.3 is 0 Å². The lowest BCUT2D eigenvalue weighted by molar-refractivity contribution is 0.0995. The molecule has 18 heavy (non-hydrogen) atoms. The van der Waals surface area contributed by atoms with Gasteiger partial charge < -0.3 is 11.5 Å². The number of primary amides is 2. The third-order valence-corrected chi connectivity index (χ3v) is 3.12. The molecule has 5 nitrogen and oxygen atoms in total. The van der Waals surface area contributed by atoms with Crippen LogP contribution in [0.5, 0.6) is 0 Å². The van der Waals surface area contributed by atoms with Crippen molar-refractivity contribution in [2.45, 2.75) is 0 Å². The maximum atomic E-state index is 13.2. The molecule has 0 unspecified atom stereocenters. The highest BCUT2D eigenvalue weighted by molar-refractivity contribution is 7.08. The van der Waals surface area contributed by atoms with Gasteiger partial charge in [-0.3, -0.25) is 9.59 Å². The summed E-state index contributed by atoms with van der Waals surface area (Å²) >= 11 is 0.765. The molecule has 1 heterocycles. The Morgan fingerprint density at radius 2 is 1.94 bits per heavy atom. The second kappa shape index (κ2) is 4.53. The van der Waals surface area contributed by atoms with Gasteiger partial charge in [-0.25, -0.2) is 4.39 Å². The summed E-state index contributed by atoms with van der Waals surface area (Å²) in [6.45, 7) is 0. The standard InChI is InChI=1S/C11H8FN3O2S/c12-6-3-1-2-5(4-6)7-8(10(13)16)15-18-9(7)11(14)17/h1-4H,(H2,13,16)(H2,14,17). The first-order chi connectivity index (χ1) is 8.50. The molecule has 0 aliphatic carbocycles. The number of halogens is 1. The van der Waals surface area contributed by atoms with Crippen molar-refractivity contribution in [3.63, 3.8) is 0 Å². The molecule has 0 atom stereocenters. The number of hydrogen-bond acceptors (Lipinski definition) is 4. The maximum absolute atomic E-state index is 13.2. The molecule has 4 N–H and O–H groups in total. The van der Waals surface area contributed by atoms with Crippen molar-refractivity contribution in [1.82, 2.24) is 4.37 Å². The monoisotopic (exact) mass is 265 g/mol. The second-order valence-corrected chi connectivity index (χ2v) is 4.25. The number of rotatable bonds is 3. The Morgan fingerprint density at radius 1 is 1.22 bits per heavy atom. The topological polar surface area (TPSA) is 99.1 Å². The summed E-state index contributed by atoms with van der Waals surface area (Å²) in [6.07, 6.45) is 0. The van der Waals surface area contributed by atoms with E-state index in [0.717, 1.165) is 11.5 Å². The Hall–Kier alpha value is -2.28. The summed E-state index contributed by atoms with van der Waals surface area (Å²) in [5.41, 5.74) is 10.8. The van der Waals surface area contributed by atoms with Crippen LogP contribution >= 0.6 is 11.5 Å². The number of carbonyl (C=O) groups is 2. The maximum Gasteiger partial charge on any atom is 0.269 e. The van der Waals surface area contributed by atoms with Crippen LogP contribution in [-0.4, -0.2) is 16.2 Å². The van der Waals surface area contributed by atoms with Crippen molar-refractivity contribution in [2.24, 2.45) is 11.5 Å². The van der Waals surface area contributed by atoms with E-state index in [9.17, 15) is 14.0 Å². The van der Waals surface area contributed by atoms with E-state index in [1.165, 1.54) is 18.2 Å². The van der Waals surface area contributed by atoms with Crippen LogP contribution in [-0.2, 0) is 0 Å². The quantitative estimate of drug-likeness (QED) is 0.870. The molecule has 0 saturated heterocycles. The lowest BCUT2D eigenvalue weighted by Gasteiger charge is -2.02. The molecular formula is C11H8FN3O2S. The van der Waals surface area contributed by atoms with Crippen molar-refractivity contribution in [2.75, 3.05) is 0 Å². The number of amides is 2. The molecule has 7 heteroatoms. The highest BCUT2D eigenvalue weighted by Crippen LogP contribution is 2.30. The molecule has 0 spiro atoms. The first kappa shape index (κ1) is 12.2. The van der Waals surface area contributed by atoms with E-state index in [4.69, 9.17) is 11.5 Å². The van der Waals surface area contributed by atoms with Gasteiger partial charge in [0.05, 0.1) is 0 Å². The average molecular weight is 265 g/mol.